The molecule has 0 aliphatic heterocycles. The van der Waals surface area contributed by atoms with Gasteiger partial charge in [-0.15, -0.1) is 5.10 Å². The fourth-order valence-electron chi connectivity index (χ4n) is 3.25. The predicted octanol–water partition coefficient (Wildman–Crippen LogP) is 3.48. The quantitative estimate of drug-likeness (QED) is 0.498. The first-order valence-electron chi connectivity index (χ1n) is 9.50. The second-order valence-corrected chi connectivity index (χ2v) is 6.90. The number of carbonyl (C=O) groups excluding carboxylic acids is 1. The number of aryl methyl sites for hydroxylation is 2. The van der Waals surface area contributed by atoms with Crippen LogP contribution in [0.3, 0.4) is 0 Å². The number of nitrogens with zero attached hydrogens (tertiary/aromatic N) is 6. The van der Waals surface area contributed by atoms with E-state index in [1.54, 1.807) is 6.92 Å². The molecule has 9 heteroatoms. The van der Waals surface area contributed by atoms with Crippen LogP contribution in [-0.4, -0.2) is 30.7 Å². The maximum atomic E-state index is 14.3. The Morgan fingerprint density at radius 3 is 2.70 bits per heavy atom. The topological polar surface area (TPSA) is 101 Å². The molecule has 0 unspecified atom stereocenters. The minimum atomic E-state index is -0.692. The van der Waals surface area contributed by atoms with Crippen LogP contribution >= 0.6 is 0 Å². The summed E-state index contributed by atoms with van der Waals surface area (Å²) in [4.78, 5) is 12.7. The predicted molar refractivity (Wildman–Crippen MR) is 110 cm³/mol. The van der Waals surface area contributed by atoms with E-state index < -0.39 is 11.7 Å². The maximum Gasteiger partial charge on any atom is 0.266 e. The molecule has 154 valence electrons. The van der Waals surface area contributed by atoms with Gasteiger partial charge in [0.2, 0.25) is 0 Å². The summed E-state index contributed by atoms with van der Waals surface area (Å²) >= 11 is 0. The molecular weight excluding hydrogens is 385 g/mol. The van der Waals surface area contributed by atoms with Gasteiger partial charge in [0.15, 0.2) is 5.82 Å². The monoisotopic (exact) mass is 407 g/mol. The average Bonchev–Trinajstić information content (AvgIpc) is 3.26. The Morgan fingerprint density at radius 2 is 2.07 bits per heavy atom. The summed E-state index contributed by atoms with van der Waals surface area (Å²) in [5.41, 5.74) is 3.11. The van der Waals surface area contributed by atoms with Gasteiger partial charge in [-0.1, -0.05) is 6.92 Å². The van der Waals surface area contributed by atoms with Crippen LogP contribution in [0, 0.1) is 37.9 Å². The van der Waals surface area contributed by atoms with Gasteiger partial charge in [0, 0.05) is 17.9 Å². The van der Waals surface area contributed by atoms with E-state index in [4.69, 9.17) is 0 Å². The van der Waals surface area contributed by atoms with E-state index in [9.17, 15) is 14.4 Å². The molecule has 0 fully saturated rings. The van der Waals surface area contributed by atoms with Gasteiger partial charge in [0.1, 0.15) is 17.5 Å². The summed E-state index contributed by atoms with van der Waals surface area (Å²) in [6.45, 7) is 8.57. The second kappa shape index (κ2) is 8.69. The molecule has 1 amide bonds. The minimum absolute atomic E-state index is 0.0648. The number of anilines is 1. The molecule has 0 saturated carbocycles. The summed E-state index contributed by atoms with van der Waals surface area (Å²) in [6.07, 6.45) is 2.50. The molecule has 0 aliphatic rings. The lowest BCUT2D eigenvalue weighted by Crippen LogP contribution is -2.15. The van der Waals surface area contributed by atoms with E-state index in [0.29, 0.717) is 11.5 Å². The number of tetrazole rings is 1. The lowest BCUT2D eigenvalue weighted by Gasteiger charge is -2.09. The number of benzene rings is 1. The van der Waals surface area contributed by atoms with E-state index in [1.807, 2.05) is 26.0 Å². The van der Waals surface area contributed by atoms with Crippen LogP contribution < -0.4 is 5.32 Å². The molecule has 1 N–H and O–H groups in total. The summed E-state index contributed by atoms with van der Waals surface area (Å²) in [6, 6.07) is 7.96. The van der Waals surface area contributed by atoms with Crippen LogP contribution in [0.15, 0.2) is 29.8 Å². The maximum absolute atomic E-state index is 14.3. The third-order valence-electron chi connectivity index (χ3n) is 4.79. The molecule has 8 nitrogen and oxygen atoms in total. The molecule has 3 rings (SSSR count). The number of nitriles is 1. The van der Waals surface area contributed by atoms with E-state index in [0.717, 1.165) is 29.9 Å². The highest BCUT2D eigenvalue weighted by atomic mass is 19.1. The average molecular weight is 407 g/mol. The Bertz CT molecular complexity index is 1170. The summed E-state index contributed by atoms with van der Waals surface area (Å²) in [5.74, 6) is -0.808. The van der Waals surface area contributed by atoms with Crippen LogP contribution in [0.2, 0.25) is 0 Å². The largest absolute Gasteiger partial charge is 0.349 e. The van der Waals surface area contributed by atoms with Crippen molar-refractivity contribution in [1.29, 1.82) is 5.26 Å². The van der Waals surface area contributed by atoms with Crippen molar-refractivity contribution in [3.05, 3.63) is 58.4 Å². The number of rotatable bonds is 6. The normalized spacial score (nSPS) is 11.4. The molecule has 2 aromatic heterocycles. The molecule has 30 heavy (non-hydrogen) atoms. The van der Waals surface area contributed by atoms with Crippen molar-refractivity contribution in [2.45, 2.75) is 40.7 Å². The van der Waals surface area contributed by atoms with Gasteiger partial charge in [0.25, 0.3) is 5.91 Å². The van der Waals surface area contributed by atoms with Gasteiger partial charge in [-0.05, 0) is 73.5 Å². The van der Waals surface area contributed by atoms with Crippen LogP contribution in [0.25, 0.3) is 11.8 Å². The van der Waals surface area contributed by atoms with Crippen molar-refractivity contribution < 1.29 is 9.18 Å². The third kappa shape index (κ3) is 4.12. The zero-order chi connectivity index (χ0) is 21.8. The Kier molecular flexibility index (Phi) is 6.06. The Labute approximate surface area is 173 Å². The molecule has 2 heterocycles. The minimum Gasteiger partial charge on any atom is -0.349 e. The van der Waals surface area contributed by atoms with E-state index >= 15 is 0 Å². The van der Waals surface area contributed by atoms with Crippen LogP contribution in [0.4, 0.5) is 10.1 Å². The number of hydrogen-bond acceptors (Lipinski definition) is 5. The van der Waals surface area contributed by atoms with Crippen LogP contribution in [-0.2, 0) is 11.3 Å². The van der Waals surface area contributed by atoms with Gasteiger partial charge >= 0.3 is 0 Å². The van der Waals surface area contributed by atoms with Crippen molar-refractivity contribution in [2.24, 2.45) is 0 Å². The summed E-state index contributed by atoms with van der Waals surface area (Å²) in [5, 5.41) is 23.2. The highest BCUT2D eigenvalue weighted by Crippen LogP contribution is 2.22. The molecule has 0 bridgehead atoms. The lowest BCUT2D eigenvalue weighted by atomic mass is 10.1. The van der Waals surface area contributed by atoms with Crippen LogP contribution in [0.5, 0.6) is 0 Å². The van der Waals surface area contributed by atoms with Crippen LogP contribution in [0.1, 0.15) is 36.1 Å². The van der Waals surface area contributed by atoms with Crippen molar-refractivity contribution in [3.63, 3.8) is 0 Å². The van der Waals surface area contributed by atoms with Crippen molar-refractivity contribution in [2.75, 3.05) is 5.32 Å². The van der Waals surface area contributed by atoms with Crippen molar-refractivity contribution >= 4 is 17.7 Å². The molecule has 0 radical (unpaired) electrons. The standard InChI is InChI=1S/C21H22FN7O/c1-5-8-28-13(2)9-16(14(28)3)10-17(12-23)21(30)24-20-11-18(6-7-19(20)22)29-15(4)25-26-27-29/h6-7,9-11H,5,8H2,1-4H3,(H,24,30)/b17-10-. The van der Waals surface area contributed by atoms with E-state index in [1.165, 1.54) is 29.0 Å². The molecule has 1 aromatic carbocycles. The number of halogens is 1. The Balaban J connectivity index is 1.90. The molecule has 0 saturated heterocycles. The summed E-state index contributed by atoms with van der Waals surface area (Å²) in [7, 11) is 0. The fourth-order valence-corrected chi connectivity index (χ4v) is 3.25. The molecule has 0 spiro atoms. The summed E-state index contributed by atoms with van der Waals surface area (Å²) < 4.78 is 17.8. The van der Waals surface area contributed by atoms with Gasteiger partial charge in [-0.2, -0.15) is 9.94 Å². The number of aromatic nitrogens is 5. The number of carbonyl (C=O) groups is 1. The zero-order valence-corrected chi connectivity index (χ0v) is 17.3. The van der Waals surface area contributed by atoms with Gasteiger partial charge in [-0.25, -0.2) is 4.39 Å². The van der Waals surface area contributed by atoms with Gasteiger partial charge in [0.05, 0.1) is 11.4 Å². The van der Waals surface area contributed by atoms with E-state index in [-0.39, 0.29) is 11.3 Å². The Morgan fingerprint density at radius 1 is 1.30 bits per heavy atom. The molecule has 0 aliphatic carbocycles. The number of hydrogen-bond donors (Lipinski definition) is 1. The first kappa shape index (κ1) is 20.9. The molecule has 0 atom stereocenters. The lowest BCUT2D eigenvalue weighted by molar-refractivity contribution is -0.112. The second-order valence-electron chi connectivity index (χ2n) is 6.90. The first-order chi connectivity index (χ1) is 14.3. The first-order valence-corrected chi connectivity index (χ1v) is 9.50. The highest BCUT2D eigenvalue weighted by molar-refractivity contribution is 6.09. The van der Waals surface area contributed by atoms with E-state index in [2.05, 4.69) is 32.3 Å². The van der Waals surface area contributed by atoms with Gasteiger partial charge in [-0.3, -0.25) is 4.79 Å². The molecular formula is C21H22FN7O. The van der Waals surface area contributed by atoms with Gasteiger partial charge < -0.3 is 9.88 Å². The SMILES string of the molecule is CCCn1c(C)cc(/C=C(/C#N)C(=O)Nc2cc(-n3nnnc3C)ccc2F)c1C. The number of amides is 1. The highest BCUT2D eigenvalue weighted by Gasteiger charge is 2.16. The van der Waals surface area contributed by atoms with Crippen molar-refractivity contribution in [1.82, 2.24) is 24.8 Å². The fraction of sp³-hybridized carbons (Fsp3) is 0.286. The Hall–Kier alpha value is -3.80. The zero-order valence-electron chi connectivity index (χ0n) is 17.3. The molecule has 3 aromatic rings. The number of nitrogens with one attached hydrogen (secondary N) is 1. The smallest absolute Gasteiger partial charge is 0.266 e. The third-order valence-corrected chi connectivity index (χ3v) is 4.79. The van der Waals surface area contributed by atoms with Crippen molar-refractivity contribution in [3.8, 4) is 11.8 Å².